The van der Waals surface area contributed by atoms with Gasteiger partial charge < -0.3 is 0 Å². The van der Waals surface area contributed by atoms with Gasteiger partial charge in [0.15, 0.2) is 0 Å². The van der Waals surface area contributed by atoms with E-state index in [4.69, 9.17) is 0 Å². The molecule has 0 N–H and O–H groups in total. The van der Waals surface area contributed by atoms with E-state index in [0.29, 0.717) is 0 Å². The Hall–Kier alpha value is -1.65. The van der Waals surface area contributed by atoms with E-state index in [0.717, 1.165) is 18.3 Å². The van der Waals surface area contributed by atoms with E-state index >= 15 is 0 Å². The minimum Gasteiger partial charge on any atom is -0.298 e. The van der Waals surface area contributed by atoms with Gasteiger partial charge in [-0.1, -0.05) is 31.0 Å². The van der Waals surface area contributed by atoms with Crippen molar-refractivity contribution in [3.63, 3.8) is 0 Å². The maximum absolute atomic E-state index is 4.51. The molecule has 0 spiro atoms. The molecule has 4 nitrogen and oxygen atoms in total. The summed E-state index contributed by atoms with van der Waals surface area (Å²) < 4.78 is 1.98. The molecule has 0 bridgehead atoms. The lowest BCUT2D eigenvalue weighted by Gasteiger charge is -2.37. The monoisotopic (exact) mass is 310 g/mol. The third-order valence-electron chi connectivity index (χ3n) is 5.31. The third-order valence-corrected chi connectivity index (χ3v) is 5.31. The van der Waals surface area contributed by atoms with Gasteiger partial charge >= 0.3 is 0 Å². The molecule has 122 valence electrons. The minimum absolute atomic E-state index is 0.873. The summed E-state index contributed by atoms with van der Waals surface area (Å²) in [6.07, 6.45) is 9.88. The molecule has 1 aromatic heterocycles. The SMILES string of the molecule is c1ccc(-n2cc(CN3CCN(C4CCCC4)CC3)cn2)cc1. The summed E-state index contributed by atoms with van der Waals surface area (Å²) in [6.45, 7) is 5.86. The maximum atomic E-state index is 4.51. The second-order valence-corrected chi connectivity index (χ2v) is 6.88. The Morgan fingerprint density at radius 1 is 0.957 bits per heavy atom. The normalized spacial score (nSPS) is 21.0. The standard InChI is InChI=1S/C19H26N4/c1-2-8-19(9-3-1)23-16-17(14-20-23)15-21-10-12-22(13-11-21)18-6-4-5-7-18/h1-3,8-9,14,16,18H,4-7,10-13,15H2. The van der Waals surface area contributed by atoms with Crippen LogP contribution in [-0.4, -0.2) is 51.8 Å². The van der Waals surface area contributed by atoms with Crippen LogP contribution in [-0.2, 0) is 6.54 Å². The molecule has 1 aliphatic carbocycles. The van der Waals surface area contributed by atoms with Crippen LogP contribution in [0.5, 0.6) is 0 Å². The number of piperazine rings is 1. The molecule has 1 saturated heterocycles. The highest BCUT2D eigenvalue weighted by Gasteiger charge is 2.26. The molecular formula is C19H26N4. The van der Waals surface area contributed by atoms with Crippen LogP contribution in [0, 0.1) is 0 Å². The van der Waals surface area contributed by atoms with Crippen molar-refractivity contribution in [3.8, 4) is 5.69 Å². The molecule has 1 aliphatic heterocycles. The van der Waals surface area contributed by atoms with E-state index in [-0.39, 0.29) is 0 Å². The molecule has 2 aliphatic rings. The summed E-state index contributed by atoms with van der Waals surface area (Å²) in [5.74, 6) is 0. The predicted octanol–water partition coefficient (Wildman–Crippen LogP) is 2.93. The summed E-state index contributed by atoms with van der Waals surface area (Å²) in [4.78, 5) is 5.29. The zero-order chi connectivity index (χ0) is 15.5. The lowest BCUT2D eigenvalue weighted by Crippen LogP contribution is -2.49. The smallest absolute Gasteiger partial charge is 0.0645 e. The van der Waals surface area contributed by atoms with Crippen molar-refractivity contribution < 1.29 is 0 Å². The number of rotatable bonds is 4. The van der Waals surface area contributed by atoms with Gasteiger partial charge in [-0.15, -0.1) is 0 Å². The van der Waals surface area contributed by atoms with Crippen LogP contribution < -0.4 is 0 Å². The lowest BCUT2D eigenvalue weighted by atomic mass is 10.1. The van der Waals surface area contributed by atoms with Crippen molar-refractivity contribution in [3.05, 3.63) is 48.3 Å². The number of hydrogen-bond donors (Lipinski definition) is 0. The van der Waals surface area contributed by atoms with Gasteiger partial charge in [-0.05, 0) is 25.0 Å². The van der Waals surface area contributed by atoms with E-state index in [1.807, 2.05) is 16.9 Å². The van der Waals surface area contributed by atoms with E-state index in [1.165, 1.54) is 57.4 Å². The Balaban J connectivity index is 1.32. The Morgan fingerprint density at radius 3 is 2.43 bits per heavy atom. The zero-order valence-corrected chi connectivity index (χ0v) is 13.8. The van der Waals surface area contributed by atoms with Gasteiger partial charge in [-0.3, -0.25) is 9.80 Å². The van der Waals surface area contributed by atoms with Crippen molar-refractivity contribution >= 4 is 0 Å². The van der Waals surface area contributed by atoms with Gasteiger partial charge in [0.05, 0.1) is 11.9 Å². The zero-order valence-electron chi connectivity index (χ0n) is 13.8. The first-order chi connectivity index (χ1) is 11.4. The van der Waals surface area contributed by atoms with Crippen LogP contribution in [0.3, 0.4) is 0 Å². The molecule has 1 saturated carbocycles. The largest absolute Gasteiger partial charge is 0.298 e. The quantitative estimate of drug-likeness (QED) is 0.868. The summed E-state index contributed by atoms with van der Waals surface area (Å²) >= 11 is 0. The highest BCUT2D eigenvalue weighted by atomic mass is 15.3. The second kappa shape index (κ2) is 6.85. The van der Waals surface area contributed by atoms with Crippen LogP contribution in [0.15, 0.2) is 42.7 Å². The van der Waals surface area contributed by atoms with Crippen molar-refractivity contribution in [2.24, 2.45) is 0 Å². The molecule has 2 aromatic rings. The Morgan fingerprint density at radius 2 is 1.70 bits per heavy atom. The van der Waals surface area contributed by atoms with Crippen LogP contribution in [0.2, 0.25) is 0 Å². The van der Waals surface area contributed by atoms with Crippen LogP contribution in [0.25, 0.3) is 5.69 Å². The van der Waals surface area contributed by atoms with Gasteiger partial charge in [0.25, 0.3) is 0 Å². The highest BCUT2D eigenvalue weighted by molar-refractivity contribution is 5.30. The average Bonchev–Trinajstić information content (AvgIpc) is 3.28. The molecule has 1 aromatic carbocycles. The first-order valence-corrected chi connectivity index (χ1v) is 8.94. The van der Waals surface area contributed by atoms with Gasteiger partial charge in [-0.2, -0.15) is 5.10 Å². The summed E-state index contributed by atoms with van der Waals surface area (Å²) in [5.41, 5.74) is 2.44. The van der Waals surface area contributed by atoms with E-state index < -0.39 is 0 Å². The fraction of sp³-hybridized carbons (Fsp3) is 0.526. The summed E-state index contributed by atoms with van der Waals surface area (Å²) in [7, 11) is 0. The minimum atomic E-state index is 0.873. The summed E-state index contributed by atoms with van der Waals surface area (Å²) in [6, 6.07) is 11.2. The average molecular weight is 310 g/mol. The van der Waals surface area contributed by atoms with Crippen LogP contribution in [0.4, 0.5) is 0 Å². The van der Waals surface area contributed by atoms with Gasteiger partial charge in [-0.25, -0.2) is 4.68 Å². The fourth-order valence-electron chi connectivity index (χ4n) is 3.98. The second-order valence-electron chi connectivity index (χ2n) is 6.88. The lowest BCUT2D eigenvalue weighted by molar-refractivity contribution is 0.0937. The molecule has 4 rings (SSSR count). The number of hydrogen-bond acceptors (Lipinski definition) is 3. The molecule has 0 amide bonds. The van der Waals surface area contributed by atoms with Crippen molar-refractivity contribution in [1.29, 1.82) is 0 Å². The third kappa shape index (κ3) is 3.48. The van der Waals surface area contributed by atoms with E-state index in [2.05, 4.69) is 45.4 Å². The molecule has 0 unspecified atom stereocenters. The molecule has 23 heavy (non-hydrogen) atoms. The van der Waals surface area contributed by atoms with Crippen molar-refractivity contribution in [2.75, 3.05) is 26.2 Å². The van der Waals surface area contributed by atoms with Gasteiger partial charge in [0.2, 0.25) is 0 Å². The Bertz CT molecular complexity index is 607. The number of nitrogens with zero attached hydrogens (tertiary/aromatic N) is 4. The summed E-state index contributed by atoms with van der Waals surface area (Å²) in [5, 5.41) is 4.51. The van der Waals surface area contributed by atoms with E-state index in [9.17, 15) is 0 Å². The number of aromatic nitrogens is 2. The van der Waals surface area contributed by atoms with Crippen LogP contribution in [0.1, 0.15) is 31.2 Å². The number of para-hydroxylation sites is 1. The molecule has 4 heteroatoms. The molecule has 0 radical (unpaired) electrons. The van der Waals surface area contributed by atoms with Gasteiger partial charge in [0, 0.05) is 50.5 Å². The predicted molar refractivity (Wildman–Crippen MR) is 92.7 cm³/mol. The molecule has 2 heterocycles. The molecule has 0 atom stereocenters. The van der Waals surface area contributed by atoms with Crippen molar-refractivity contribution in [1.82, 2.24) is 19.6 Å². The molecular weight excluding hydrogens is 284 g/mol. The topological polar surface area (TPSA) is 24.3 Å². The van der Waals surface area contributed by atoms with Gasteiger partial charge in [0.1, 0.15) is 0 Å². The molecule has 2 fully saturated rings. The van der Waals surface area contributed by atoms with Crippen LogP contribution >= 0.6 is 0 Å². The van der Waals surface area contributed by atoms with Crippen molar-refractivity contribution in [2.45, 2.75) is 38.3 Å². The maximum Gasteiger partial charge on any atom is 0.0645 e. The van der Waals surface area contributed by atoms with E-state index in [1.54, 1.807) is 0 Å². The Labute approximate surface area is 138 Å². The first kappa shape index (κ1) is 14.9. The first-order valence-electron chi connectivity index (χ1n) is 8.94. The number of benzene rings is 1. The highest BCUT2D eigenvalue weighted by Crippen LogP contribution is 2.24. The Kier molecular flexibility index (Phi) is 4.44. The fourth-order valence-corrected chi connectivity index (χ4v) is 3.98.